The van der Waals surface area contributed by atoms with Crippen molar-refractivity contribution in [3.05, 3.63) is 101 Å². The Morgan fingerprint density at radius 2 is 1.43 bits per heavy atom. The SMILES string of the molecule is Cc1ccc(CC(=O)OC(C)C(=O)N(Cc2ccccc2)Cc2ccccc2)cn1. The summed E-state index contributed by atoms with van der Waals surface area (Å²) in [5.41, 5.74) is 3.68. The van der Waals surface area contributed by atoms with Crippen LogP contribution < -0.4 is 0 Å². The highest BCUT2D eigenvalue weighted by atomic mass is 16.5. The predicted molar refractivity (Wildman–Crippen MR) is 115 cm³/mol. The lowest BCUT2D eigenvalue weighted by Crippen LogP contribution is -2.39. The molecule has 0 N–H and O–H groups in total. The van der Waals surface area contributed by atoms with E-state index < -0.39 is 12.1 Å². The molecular weight excluding hydrogens is 376 g/mol. The van der Waals surface area contributed by atoms with Gasteiger partial charge in [-0.15, -0.1) is 0 Å². The molecule has 3 aromatic rings. The standard InChI is InChI=1S/C25H26N2O3/c1-19-13-14-23(16-26-19)15-24(28)30-20(2)25(29)27(17-21-9-5-3-6-10-21)18-22-11-7-4-8-12-22/h3-14,16,20H,15,17-18H2,1-2H3. The zero-order valence-electron chi connectivity index (χ0n) is 17.3. The summed E-state index contributed by atoms with van der Waals surface area (Å²) in [5, 5.41) is 0. The first-order valence-corrected chi connectivity index (χ1v) is 9.99. The summed E-state index contributed by atoms with van der Waals surface area (Å²) in [6.45, 7) is 4.39. The average molecular weight is 402 g/mol. The third-order valence-corrected chi connectivity index (χ3v) is 4.72. The van der Waals surface area contributed by atoms with E-state index in [4.69, 9.17) is 4.74 Å². The van der Waals surface area contributed by atoms with E-state index in [1.54, 1.807) is 18.0 Å². The van der Waals surface area contributed by atoms with E-state index in [0.29, 0.717) is 13.1 Å². The summed E-state index contributed by atoms with van der Waals surface area (Å²) in [6.07, 6.45) is 0.867. The maximum absolute atomic E-state index is 13.1. The van der Waals surface area contributed by atoms with Gasteiger partial charge in [0.25, 0.3) is 5.91 Å². The third kappa shape index (κ3) is 6.27. The second kappa shape index (κ2) is 10.3. The van der Waals surface area contributed by atoms with Crippen LogP contribution in [0.1, 0.15) is 29.3 Å². The normalized spacial score (nSPS) is 11.5. The second-order valence-electron chi connectivity index (χ2n) is 7.28. The maximum Gasteiger partial charge on any atom is 0.311 e. The lowest BCUT2D eigenvalue weighted by atomic mass is 10.1. The van der Waals surface area contributed by atoms with Gasteiger partial charge in [-0.2, -0.15) is 0 Å². The van der Waals surface area contributed by atoms with Gasteiger partial charge in [0.15, 0.2) is 6.10 Å². The van der Waals surface area contributed by atoms with Crippen molar-refractivity contribution in [3.63, 3.8) is 0 Å². The van der Waals surface area contributed by atoms with Gasteiger partial charge in [-0.1, -0.05) is 66.7 Å². The Kier molecular flexibility index (Phi) is 7.33. The molecule has 1 aromatic heterocycles. The van der Waals surface area contributed by atoms with Gasteiger partial charge in [-0.25, -0.2) is 0 Å². The van der Waals surface area contributed by atoms with Gasteiger partial charge in [0.05, 0.1) is 6.42 Å². The van der Waals surface area contributed by atoms with E-state index in [1.165, 1.54) is 0 Å². The minimum absolute atomic E-state index is 0.0856. The van der Waals surface area contributed by atoms with E-state index in [9.17, 15) is 9.59 Å². The van der Waals surface area contributed by atoms with E-state index in [2.05, 4.69) is 4.98 Å². The molecule has 0 radical (unpaired) electrons. The molecule has 5 heteroatoms. The summed E-state index contributed by atoms with van der Waals surface area (Å²) in [6, 6.07) is 23.3. The highest BCUT2D eigenvalue weighted by Crippen LogP contribution is 2.13. The molecule has 1 heterocycles. The summed E-state index contributed by atoms with van der Waals surface area (Å²) in [7, 11) is 0. The molecule has 0 aliphatic rings. The number of aromatic nitrogens is 1. The first kappa shape index (κ1) is 21.2. The molecule has 0 spiro atoms. The molecule has 0 aliphatic carbocycles. The Hall–Kier alpha value is -3.47. The smallest absolute Gasteiger partial charge is 0.311 e. The molecule has 30 heavy (non-hydrogen) atoms. The molecule has 1 unspecified atom stereocenters. The number of ether oxygens (including phenoxy) is 1. The van der Waals surface area contributed by atoms with E-state index >= 15 is 0 Å². The van der Waals surface area contributed by atoms with Gasteiger partial charge in [0.1, 0.15) is 0 Å². The van der Waals surface area contributed by atoms with Crippen LogP contribution in [0.5, 0.6) is 0 Å². The molecule has 0 saturated heterocycles. The molecule has 1 amide bonds. The van der Waals surface area contributed by atoms with Crippen molar-refractivity contribution >= 4 is 11.9 Å². The Labute approximate surface area is 177 Å². The van der Waals surface area contributed by atoms with Crippen molar-refractivity contribution in [3.8, 4) is 0 Å². The number of amides is 1. The topological polar surface area (TPSA) is 59.5 Å². The molecule has 2 aromatic carbocycles. The van der Waals surface area contributed by atoms with Gasteiger partial charge in [-0.05, 0) is 36.6 Å². The number of benzene rings is 2. The van der Waals surface area contributed by atoms with Crippen molar-refractivity contribution in [1.82, 2.24) is 9.88 Å². The fourth-order valence-corrected chi connectivity index (χ4v) is 3.14. The molecular formula is C25H26N2O3. The number of pyridine rings is 1. The van der Waals surface area contributed by atoms with Crippen LogP contribution in [0.25, 0.3) is 0 Å². The Morgan fingerprint density at radius 1 is 0.867 bits per heavy atom. The van der Waals surface area contributed by atoms with Crippen LogP contribution >= 0.6 is 0 Å². The summed E-state index contributed by atoms with van der Waals surface area (Å²) in [5.74, 6) is -0.668. The molecule has 0 aliphatic heterocycles. The van der Waals surface area contributed by atoms with Crippen LogP contribution in [0.15, 0.2) is 79.0 Å². The molecule has 154 valence electrons. The molecule has 1 atom stereocenters. The lowest BCUT2D eigenvalue weighted by molar-refractivity contribution is -0.159. The number of aryl methyl sites for hydroxylation is 1. The predicted octanol–water partition coefficient (Wildman–Crippen LogP) is 4.09. The number of hydrogen-bond acceptors (Lipinski definition) is 4. The Bertz CT molecular complexity index is 915. The largest absolute Gasteiger partial charge is 0.452 e. The van der Waals surface area contributed by atoms with Crippen LogP contribution in [-0.4, -0.2) is 27.9 Å². The van der Waals surface area contributed by atoms with Gasteiger partial charge < -0.3 is 9.64 Å². The molecule has 3 rings (SSSR count). The highest BCUT2D eigenvalue weighted by Gasteiger charge is 2.24. The summed E-state index contributed by atoms with van der Waals surface area (Å²) >= 11 is 0. The van der Waals surface area contributed by atoms with Gasteiger partial charge in [0, 0.05) is 25.0 Å². The van der Waals surface area contributed by atoms with Crippen LogP contribution in [0, 0.1) is 6.92 Å². The van der Waals surface area contributed by atoms with Crippen molar-refractivity contribution in [2.75, 3.05) is 0 Å². The summed E-state index contributed by atoms with van der Waals surface area (Å²) < 4.78 is 5.44. The average Bonchev–Trinajstić information content (AvgIpc) is 2.76. The van der Waals surface area contributed by atoms with Crippen LogP contribution in [-0.2, 0) is 33.8 Å². The number of nitrogens with zero attached hydrogens (tertiary/aromatic N) is 2. The van der Waals surface area contributed by atoms with Gasteiger partial charge in [-0.3, -0.25) is 14.6 Å². The van der Waals surface area contributed by atoms with Crippen molar-refractivity contribution in [1.29, 1.82) is 0 Å². The van der Waals surface area contributed by atoms with Crippen LogP contribution in [0.3, 0.4) is 0 Å². The second-order valence-corrected chi connectivity index (χ2v) is 7.28. The minimum Gasteiger partial charge on any atom is -0.452 e. The van der Waals surface area contributed by atoms with E-state index in [1.807, 2.05) is 79.7 Å². The number of esters is 1. The molecule has 0 bridgehead atoms. The minimum atomic E-state index is -0.872. The molecule has 5 nitrogen and oxygen atoms in total. The number of hydrogen-bond donors (Lipinski definition) is 0. The lowest BCUT2D eigenvalue weighted by Gasteiger charge is -2.26. The zero-order chi connectivity index (χ0) is 21.3. The monoisotopic (exact) mass is 402 g/mol. The fourth-order valence-electron chi connectivity index (χ4n) is 3.14. The van der Waals surface area contributed by atoms with Gasteiger partial charge >= 0.3 is 5.97 Å². The molecule has 0 saturated carbocycles. The Balaban J connectivity index is 1.67. The Morgan fingerprint density at radius 3 is 1.93 bits per heavy atom. The highest BCUT2D eigenvalue weighted by molar-refractivity contribution is 5.84. The number of carbonyl (C=O) groups is 2. The van der Waals surface area contributed by atoms with Crippen molar-refractivity contribution in [2.24, 2.45) is 0 Å². The van der Waals surface area contributed by atoms with Crippen molar-refractivity contribution in [2.45, 2.75) is 39.5 Å². The summed E-state index contributed by atoms with van der Waals surface area (Å²) in [4.78, 5) is 31.4. The van der Waals surface area contributed by atoms with E-state index in [-0.39, 0.29) is 12.3 Å². The zero-order valence-corrected chi connectivity index (χ0v) is 17.3. The van der Waals surface area contributed by atoms with Crippen LogP contribution in [0.2, 0.25) is 0 Å². The molecule has 0 fully saturated rings. The van der Waals surface area contributed by atoms with Gasteiger partial charge in [0.2, 0.25) is 0 Å². The number of carbonyl (C=O) groups excluding carboxylic acids is 2. The van der Waals surface area contributed by atoms with Crippen molar-refractivity contribution < 1.29 is 14.3 Å². The van der Waals surface area contributed by atoms with Crippen LogP contribution in [0.4, 0.5) is 0 Å². The van der Waals surface area contributed by atoms with E-state index in [0.717, 1.165) is 22.4 Å². The maximum atomic E-state index is 13.1. The first-order chi connectivity index (χ1) is 14.5. The first-order valence-electron chi connectivity index (χ1n) is 9.99. The quantitative estimate of drug-likeness (QED) is 0.533. The number of rotatable bonds is 8. The fraction of sp³-hybridized carbons (Fsp3) is 0.240. The third-order valence-electron chi connectivity index (χ3n) is 4.72.